The number of rotatable bonds is 5. The van der Waals surface area contributed by atoms with Crippen LogP contribution in [0.5, 0.6) is 0 Å². The lowest BCUT2D eigenvalue weighted by Gasteiger charge is -2.19. The van der Waals surface area contributed by atoms with Crippen molar-refractivity contribution in [3.8, 4) is 33.4 Å². The Labute approximate surface area is 269 Å². The number of aromatic nitrogens is 1. The van der Waals surface area contributed by atoms with E-state index < -0.39 is 0 Å². The quantitative estimate of drug-likeness (QED) is 0.185. The number of fused-ring (bicyclic) bond motifs is 2. The SMILES string of the molecule is CC1(C)CN=C(c2ccc(-c3c4ccccc4c(-c4ccc(C5=NCC(C)(C)O5)nc4)c4cc(-c5ccccc5)ccc34)cc2)O1. The number of nitrogens with zero attached hydrogens (tertiary/aromatic N) is 3. The summed E-state index contributed by atoms with van der Waals surface area (Å²) < 4.78 is 12.2. The molecule has 46 heavy (non-hydrogen) atoms. The Balaban J connectivity index is 1.32. The van der Waals surface area contributed by atoms with Gasteiger partial charge in [-0.05, 0) is 101 Å². The molecule has 1 aromatic heterocycles. The van der Waals surface area contributed by atoms with E-state index in [2.05, 4.69) is 127 Å². The molecule has 8 rings (SSSR count). The second-order valence-corrected chi connectivity index (χ2v) is 13.4. The van der Waals surface area contributed by atoms with Gasteiger partial charge in [-0.3, -0.25) is 4.98 Å². The second kappa shape index (κ2) is 10.7. The van der Waals surface area contributed by atoms with Crippen molar-refractivity contribution >= 4 is 33.3 Å². The summed E-state index contributed by atoms with van der Waals surface area (Å²) in [5.74, 6) is 1.32. The van der Waals surface area contributed by atoms with Gasteiger partial charge in [0.15, 0.2) is 0 Å². The molecule has 2 aliphatic rings. The molecule has 0 saturated carbocycles. The monoisotopic (exact) mass is 601 g/mol. The minimum Gasteiger partial charge on any atom is -0.469 e. The number of ether oxygens (including phenoxy) is 2. The average molecular weight is 602 g/mol. The van der Waals surface area contributed by atoms with E-state index in [1.807, 2.05) is 26.1 Å². The summed E-state index contributed by atoms with van der Waals surface area (Å²) in [7, 11) is 0. The summed E-state index contributed by atoms with van der Waals surface area (Å²) in [5.41, 5.74) is 8.09. The highest BCUT2D eigenvalue weighted by Gasteiger charge is 2.30. The molecular weight excluding hydrogens is 566 g/mol. The van der Waals surface area contributed by atoms with Gasteiger partial charge in [0.25, 0.3) is 0 Å². The molecule has 226 valence electrons. The van der Waals surface area contributed by atoms with Gasteiger partial charge in [0.1, 0.15) is 16.9 Å². The molecule has 0 fully saturated rings. The Kier molecular flexibility index (Phi) is 6.54. The van der Waals surface area contributed by atoms with Gasteiger partial charge in [-0.2, -0.15) is 0 Å². The maximum Gasteiger partial charge on any atom is 0.236 e. The molecule has 0 saturated heterocycles. The first-order valence-corrected chi connectivity index (χ1v) is 15.8. The van der Waals surface area contributed by atoms with Crippen LogP contribution >= 0.6 is 0 Å². The van der Waals surface area contributed by atoms with Crippen molar-refractivity contribution in [2.75, 3.05) is 13.1 Å². The summed E-state index contributed by atoms with van der Waals surface area (Å²) >= 11 is 0. The van der Waals surface area contributed by atoms with E-state index in [-0.39, 0.29) is 11.2 Å². The van der Waals surface area contributed by atoms with Gasteiger partial charge >= 0.3 is 0 Å². The van der Waals surface area contributed by atoms with E-state index in [0.717, 1.165) is 27.9 Å². The van der Waals surface area contributed by atoms with E-state index in [1.54, 1.807) is 0 Å². The fourth-order valence-electron chi connectivity index (χ4n) is 6.52. The number of aliphatic imine (C=N–C) groups is 2. The maximum absolute atomic E-state index is 6.12. The second-order valence-electron chi connectivity index (χ2n) is 13.4. The normalized spacial score (nSPS) is 16.6. The number of hydrogen-bond donors (Lipinski definition) is 0. The van der Waals surface area contributed by atoms with E-state index in [4.69, 9.17) is 14.5 Å². The Hall–Kier alpha value is -5.29. The summed E-state index contributed by atoms with van der Waals surface area (Å²) in [6.07, 6.45) is 1.96. The zero-order valence-corrected chi connectivity index (χ0v) is 26.5. The molecule has 0 unspecified atom stereocenters. The van der Waals surface area contributed by atoms with Crippen LogP contribution in [0.15, 0.2) is 125 Å². The molecule has 5 nitrogen and oxygen atoms in total. The van der Waals surface area contributed by atoms with Gasteiger partial charge in [0, 0.05) is 17.3 Å². The first-order chi connectivity index (χ1) is 22.2. The summed E-state index contributed by atoms with van der Waals surface area (Å²) in [6, 6.07) is 38.9. The largest absolute Gasteiger partial charge is 0.469 e. The number of benzene rings is 5. The van der Waals surface area contributed by atoms with Gasteiger partial charge in [-0.1, -0.05) is 84.9 Å². The molecule has 5 aromatic carbocycles. The van der Waals surface area contributed by atoms with Crippen molar-refractivity contribution in [3.05, 3.63) is 127 Å². The Morgan fingerprint density at radius 2 is 1.02 bits per heavy atom. The molecule has 0 bridgehead atoms. The lowest BCUT2D eigenvalue weighted by Crippen LogP contribution is -2.24. The minimum absolute atomic E-state index is 0.270. The van der Waals surface area contributed by atoms with Gasteiger partial charge in [-0.15, -0.1) is 0 Å². The fourth-order valence-corrected chi connectivity index (χ4v) is 6.52. The van der Waals surface area contributed by atoms with Gasteiger partial charge < -0.3 is 9.47 Å². The lowest BCUT2D eigenvalue weighted by atomic mass is 9.85. The highest BCUT2D eigenvalue weighted by atomic mass is 16.5. The Morgan fingerprint density at radius 1 is 0.478 bits per heavy atom. The Bertz CT molecular complexity index is 2180. The van der Waals surface area contributed by atoms with Crippen LogP contribution < -0.4 is 0 Å². The molecule has 3 heterocycles. The van der Waals surface area contributed by atoms with Crippen LogP contribution in [0.4, 0.5) is 0 Å². The Morgan fingerprint density at radius 3 is 1.63 bits per heavy atom. The average Bonchev–Trinajstić information content (AvgIpc) is 3.64. The van der Waals surface area contributed by atoms with Crippen LogP contribution in [0.3, 0.4) is 0 Å². The van der Waals surface area contributed by atoms with Crippen LogP contribution in [-0.2, 0) is 9.47 Å². The predicted octanol–water partition coefficient (Wildman–Crippen LogP) is 9.50. The van der Waals surface area contributed by atoms with E-state index >= 15 is 0 Å². The third kappa shape index (κ3) is 5.02. The van der Waals surface area contributed by atoms with E-state index in [9.17, 15) is 0 Å². The van der Waals surface area contributed by atoms with Crippen molar-refractivity contribution in [2.45, 2.75) is 38.9 Å². The van der Waals surface area contributed by atoms with Crippen molar-refractivity contribution in [3.63, 3.8) is 0 Å². The van der Waals surface area contributed by atoms with Crippen LogP contribution in [0.25, 0.3) is 54.9 Å². The maximum atomic E-state index is 6.12. The highest BCUT2D eigenvalue weighted by molar-refractivity contribution is 6.22. The minimum atomic E-state index is -0.307. The van der Waals surface area contributed by atoms with Gasteiger partial charge in [-0.25, -0.2) is 9.98 Å². The van der Waals surface area contributed by atoms with Crippen molar-refractivity contribution in [1.29, 1.82) is 0 Å². The fraction of sp³-hybridized carbons (Fsp3) is 0.195. The van der Waals surface area contributed by atoms with E-state index in [0.29, 0.717) is 24.9 Å². The number of hydrogen-bond acceptors (Lipinski definition) is 5. The van der Waals surface area contributed by atoms with Crippen LogP contribution in [0, 0.1) is 0 Å². The first kappa shape index (κ1) is 28.2. The van der Waals surface area contributed by atoms with Gasteiger partial charge in [0.05, 0.1) is 13.1 Å². The standard InChI is InChI=1S/C41H35N3O2/c1-40(2)24-43-38(45-40)28-16-14-27(15-17-28)36-31-12-8-9-13-32(31)37(30-19-21-35(42-23-30)39-44-25-41(3,4)46-39)34-22-29(18-20-33(34)36)26-10-6-5-7-11-26/h5-23H,24-25H2,1-4H3. The molecule has 0 aliphatic carbocycles. The molecule has 0 amide bonds. The van der Waals surface area contributed by atoms with Gasteiger partial charge in [0.2, 0.25) is 11.8 Å². The smallest absolute Gasteiger partial charge is 0.236 e. The van der Waals surface area contributed by atoms with Crippen molar-refractivity contribution in [1.82, 2.24) is 4.98 Å². The molecule has 6 aromatic rings. The highest BCUT2D eigenvalue weighted by Crippen LogP contribution is 2.45. The van der Waals surface area contributed by atoms with Crippen LogP contribution in [-0.4, -0.2) is 41.1 Å². The third-order valence-electron chi connectivity index (χ3n) is 8.78. The summed E-state index contributed by atoms with van der Waals surface area (Å²) in [5, 5.41) is 4.73. The molecular formula is C41H35N3O2. The zero-order chi connectivity index (χ0) is 31.5. The molecule has 2 aliphatic heterocycles. The molecule has 0 radical (unpaired) electrons. The lowest BCUT2D eigenvalue weighted by molar-refractivity contribution is 0.130. The number of pyridine rings is 1. The summed E-state index contributed by atoms with van der Waals surface area (Å²) in [6.45, 7) is 9.54. The molecule has 0 spiro atoms. The van der Waals surface area contributed by atoms with Crippen molar-refractivity contribution < 1.29 is 9.47 Å². The predicted molar refractivity (Wildman–Crippen MR) is 189 cm³/mol. The van der Waals surface area contributed by atoms with E-state index in [1.165, 1.54) is 38.2 Å². The third-order valence-corrected chi connectivity index (χ3v) is 8.78. The molecule has 0 atom stereocenters. The topological polar surface area (TPSA) is 56.1 Å². The van der Waals surface area contributed by atoms with Crippen LogP contribution in [0.1, 0.15) is 39.0 Å². The zero-order valence-electron chi connectivity index (χ0n) is 26.5. The molecule has 5 heteroatoms. The first-order valence-electron chi connectivity index (χ1n) is 15.8. The molecule has 0 N–H and O–H groups in total. The van der Waals surface area contributed by atoms with Crippen LogP contribution in [0.2, 0.25) is 0 Å². The van der Waals surface area contributed by atoms with Crippen molar-refractivity contribution in [2.24, 2.45) is 9.98 Å². The summed E-state index contributed by atoms with van der Waals surface area (Å²) in [4.78, 5) is 14.1.